The maximum atomic E-state index is 13.1. The minimum Gasteiger partial charge on any atom is -0.355 e. The molecular formula is C23H30N4O2S. The Morgan fingerprint density at radius 2 is 1.67 bits per heavy atom. The third kappa shape index (κ3) is 3.87. The summed E-state index contributed by atoms with van der Waals surface area (Å²) in [5.41, 5.74) is 7.47. The predicted molar refractivity (Wildman–Crippen MR) is 119 cm³/mol. The van der Waals surface area contributed by atoms with E-state index in [0.717, 1.165) is 63.8 Å². The van der Waals surface area contributed by atoms with Crippen LogP contribution in [0.25, 0.3) is 0 Å². The van der Waals surface area contributed by atoms with Gasteiger partial charge in [0.25, 0.3) is 0 Å². The highest BCUT2D eigenvalue weighted by Crippen LogP contribution is 2.38. The fourth-order valence-electron chi connectivity index (χ4n) is 4.94. The van der Waals surface area contributed by atoms with E-state index in [-0.39, 0.29) is 0 Å². The van der Waals surface area contributed by atoms with Crippen LogP contribution >= 0.6 is 0 Å². The van der Waals surface area contributed by atoms with Gasteiger partial charge in [0.1, 0.15) is 9.92 Å². The summed E-state index contributed by atoms with van der Waals surface area (Å²) in [6.45, 7) is 3.17. The molecule has 0 amide bonds. The Hall–Kier alpha value is -1.93. The van der Waals surface area contributed by atoms with Crippen LogP contribution in [-0.4, -0.2) is 33.7 Å². The lowest BCUT2D eigenvalue weighted by Gasteiger charge is -2.30. The Morgan fingerprint density at radius 1 is 1.03 bits per heavy atom. The van der Waals surface area contributed by atoms with Gasteiger partial charge < -0.3 is 10.4 Å². The van der Waals surface area contributed by atoms with Gasteiger partial charge in [-0.05, 0) is 98.0 Å². The fourth-order valence-corrected chi connectivity index (χ4v) is 5.94. The standard InChI is InChI=1S/C23H30N4O2S/c24-30(29,19-10-8-16(9-11-19)15-27-12-3-13-27)26-23(28)25-22-20-6-1-4-17(20)14-18-5-2-7-21(18)22/h8-11,14,23,25,28H,1-7,12-13,15H2,(H2,24,26,29). The zero-order chi connectivity index (χ0) is 20.7. The molecule has 1 heterocycles. The number of hydrogen-bond donors (Lipinski definition) is 3. The van der Waals surface area contributed by atoms with Crippen molar-refractivity contribution in [3.05, 3.63) is 58.1 Å². The Balaban J connectivity index is 1.36. The van der Waals surface area contributed by atoms with E-state index in [4.69, 9.17) is 5.14 Å². The molecule has 2 aromatic rings. The number of rotatable bonds is 6. The molecule has 4 N–H and O–H groups in total. The van der Waals surface area contributed by atoms with Crippen LogP contribution in [-0.2, 0) is 42.1 Å². The molecule has 2 aliphatic carbocycles. The molecule has 1 saturated heterocycles. The van der Waals surface area contributed by atoms with E-state index in [0.29, 0.717) is 4.90 Å². The van der Waals surface area contributed by atoms with Crippen molar-refractivity contribution in [1.29, 1.82) is 0 Å². The normalized spacial score (nSPS) is 20.7. The minimum atomic E-state index is -3.20. The van der Waals surface area contributed by atoms with Crippen LogP contribution in [0.3, 0.4) is 0 Å². The number of hydrogen-bond acceptors (Lipinski definition) is 5. The number of nitrogens with zero attached hydrogens (tertiary/aromatic N) is 2. The molecule has 5 rings (SSSR count). The number of fused-ring (bicyclic) bond motifs is 2. The smallest absolute Gasteiger partial charge is 0.233 e. The molecule has 2 unspecified atom stereocenters. The molecule has 0 aromatic heterocycles. The average molecular weight is 427 g/mol. The number of aliphatic hydroxyl groups is 1. The second-order valence-electron chi connectivity index (χ2n) is 8.70. The number of anilines is 1. The topological polar surface area (TPSA) is 91.0 Å². The molecule has 6 nitrogen and oxygen atoms in total. The van der Waals surface area contributed by atoms with Gasteiger partial charge in [-0.2, -0.15) is 4.36 Å². The van der Waals surface area contributed by atoms with Crippen molar-refractivity contribution >= 4 is 15.6 Å². The van der Waals surface area contributed by atoms with Crippen LogP contribution in [0.2, 0.25) is 0 Å². The van der Waals surface area contributed by atoms with Crippen LogP contribution in [0.1, 0.15) is 47.1 Å². The lowest BCUT2D eigenvalue weighted by atomic mass is 9.99. The van der Waals surface area contributed by atoms with Gasteiger partial charge in [-0.25, -0.2) is 9.35 Å². The highest BCUT2D eigenvalue weighted by Gasteiger charge is 2.25. The second kappa shape index (κ2) is 7.96. The van der Waals surface area contributed by atoms with Crippen molar-refractivity contribution in [2.75, 3.05) is 18.4 Å². The first-order chi connectivity index (χ1) is 14.5. The van der Waals surface area contributed by atoms with E-state index in [9.17, 15) is 9.32 Å². The van der Waals surface area contributed by atoms with Crippen molar-refractivity contribution < 1.29 is 9.32 Å². The van der Waals surface area contributed by atoms with Crippen molar-refractivity contribution in [1.82, 2.24) is 4.90 Å². The van der Waals surface area contributed by atoms with Gasteiger partial charge in [0.15, 0.2) is 0 Å². The number of benzene rings is 2. The third-order valence-electron chi connectivity index (χ3n) is 6.62. The summed E-state index contributed by atoms with van der Waals surface area (Å²) in [5, 5.41) is 19.8. The van der Waals surface area contributed by atoms with Crippen molar-refractivity contribution in [2.45, 2.75) is 62.7 Å². The summed E-state index contributed by atoms with van der Waals surface area (Å²) >= 11 is 0. The zero-order valence-electron chi connectivity index (χ0n) is 17.3. The molecule has 2 atom stereocenters. The van der Waals surface area contributed by atoms with Crippen molar-refractivity contribution in [3.8, 4) is 0 Å². The highest BCUT2D eigenvalue weighted by atomic mass is 32.2. The maximum Gasteiger partial charge on any atom is 0.233 e. The van der Waals surface area contributed by atoms with E-state index < -0.39 is 16.3 Å². The van der Waals surface area contributed by atoms with Gasteiger partial charge in [0.2, 0.25) is 6.35 Å². The van der Waals surface area contributed by atoms with Crippen LogP contribution in [0.5, 0.6) is 0 Å². The summed E-state index contributed by atoms with van der Waals surface area (Å²) in [6, 6.07) is 9.78. The first kappa shape index (κ1) is 20.0. The number of nitrogens with one attached hydrogen (secondary N) is 1. The first-order valence-corrected chi connectivity index (χ1v) is 12.5. The summed E-state index contributed by atoms with van der Waals surface area (Å²) < 4.78 is 17.1. The quantitative estimate of drug-likeness (QED) is 0.620. The van der Waals surface area contributed by atoms with Gasteiger partial charge in [-0.3, -0.25) is 4.90 Å². The fraction of sp³-hybridized carbons (Fsp3) is 0.478. The molecule has 0 spiro atoms. The molecule has 1 aliphatic heterocycles. The lowest BCUT2D eigenvalue weighted by molar-refractivity contribution is 0.172. The summed E-state index contributed by atoms with van der Waals surface area (Å²) in [4.78, 5) is 2.81. The van der Waals surface area contributed by atoms with E-state index in [1.165, 1.54) is 34.2 Å². The van der Waals surface area contributed by atoms with Crippen molar-refractivity contribution in [2.24, 2.45) is 9.50 Å². The van der Waals surface area contributed by atoms with Crippen molar-refractivity contribution in [3.63, 3.8) is 0 Å². The van der Waals surface area contributed by atoms with Gasteiger partial charge in [-0.15, -0.1) is 0 Å². The predicted octanol–water partition coefficient (Wildman–Crippen LogP) is 2.96. The lowest BCUT2D eigenvalue weighted by Crippen LogP contribution is -2.36. The molecule has 160 valence electrons. The highest BCUT2D eigenvalue weighted by molar-refractivity contribution is 7.91. The molecule has 0 saturated carbocycles. The molecule has 2 aromatic carbocycles. The summed E-state index contributed by atoms with van der Waals surface area (Å²) in [5.74, 6) is 0. The molecule has 3 aliphatic rings. The average Bonchev–Trinajstić information content (AvgIpc) is 3.33. The molecule has 30 heavy (non-hydrogen) atoms. The number of aliphatic hydroxyl groups excluding tert-OH is 1. The van der Waals surface area contributed by atoms with Crippen LogP contribution in [0.4, 0.5) is 5.69 Å². The van der Waals surface area contributed by atoms with Gasteiger partial charge in [-0.1, -0.05) is 18.2 Å². The molecular weight excluding hydrogens is 396 g/mol. The van der Waals surface area contributed by atoms with Gasteiger partial charge in [0.05, 0.1) is 4.90 Å². The Morgan fingerprint density at radius 3 is 2.23 bits per heavy atom. The van der Waals surface area contributed by atoms with Crippen LogP contribution < -0.4 is 10.5 Å². The SMILES string of the molecule is NS(=O)(=NC(O)Nc1c2c(cc3c1CCC3)CCC2)c1ccc(CN2CCC2)cc1. The third-order valence-corrected chi connectivity index (χ3v) is 8.08. The molecule has 1 fully saturated rings. The first-order valence-electron chi connectivity index (χ1n) is 11.0. The van der Waals surface area contributed by atoms with Gasteiger partial charge >= 0.3 is 0 Å². The van der Waals surface area contributed by atoms with E-state index in [2.05, 4.69) is 20.6 Å². The number of aryl methyl sites for hydroxylation is 2. The molecule has 0 bridgehead atoms. The zero-order valence-corrected chi connectivity index (χ0v) is 18.1. The Kier molecular flexibility index (Phi) is 5.31. The van der Waals surface area contributed by atoms with Crippen LogP contribution in [0, 0.1) is 0 Å². The van der Waals surface area contributed by atoms with E-state index in [1.54, 1.807) is 12.1 Å². The summed E-state index contributed by atoms with van der Waals surface area (Å²) in [7, 11) is -3.20. The minimum absolute atomic E-state index is 0.444. The van der Waals surface area contributed by atoms with Crippen LogP contribution in [0.15, 0.2) is 39.6 Å². The number of likely N-dealkylation sites (tertiary alicyclic amines) is 1. The molecule has 7 heteroatoms. The second-order valence-corrected chi connectivity index (χ2v) is 10.5. The van der Waals surface area contributed by atoms with E-state index in [1.807, 2.05) is 12.1 Å². The Bertz CT molecular complexity index is 1040. The maximum absolute atomic E-state index is 13.1. The monoisotopic (exact) mass is 426 g/mol. The number of nitrogens with two attached hydrogens (primary N) is 1. The Labute approximate surface area is 178 Å². The largest absolute Gasteiger partial charge is 0.355 e. The molecule has 0 radical (unpaired) electrons. The van der Waals surface area contributed by atoms with Gasteiger partial charge in [0, 0.05) is 12.2 Å². The summed E-state index contributed by atoms with van der Waals surface area (Å²) in [6.07, 6.45) is 6.41. The van der Waals surface area contributed by atoms with E-state index >= 15 is 0 Å².